The van der Waals surface area contributed by atoms with Crippen molar-refractivity contribution in [2.24, 2.45) is 5.73 Å². The Kier molecular flexibility index (Phi) is 15.9. The number of carbonyl (C=O) groups is 3. The van der Waals surface area contributed by atoms with Crippen molar-refractivity contribution in [3.63, 3.8) is 0 Å². The van der Waals surface area contributed by atoms with Gasteiger partial charge in [-0.3, -0.25) is 4.79 Å². The number of aliphatic carboxylic acids is 3. The zero-order chi connectivity index (χ0) is 20.7. The molecule has 0 aromatic carbocycles. The smallest absolute Gasteiger partial charge is 0.545 e. The number of hydrogen-bond donors (Lipinski definition) is 5. The first-order valence-electron chi connectivity index (χ1n) is 7.11. The van der Waals surface area contributed by atoms with Crippen LogP contribution in [0.2, 0.25) is 0 Å². The molecule has 11 nitrogen and oxygen atoms in total. The van der Waals surface area contributed by atoms with Crippen molar-refractivity contribution in [2.75, 3.05) is 5.75 Å². The third-order valence-electron chi connectivity index (χ3n) is 2.33. The molecule has 13 heteroatoms. The molecular formula is C15H17N5O6SSe. The summed E-state index contributed by atoms with van der Waals surface area (Å²) >= 11 is 3.65. The molecule has 4 radical (unpaired) electrons. The van der Waals surface area contributed by atoms with E-state index in [1.165, 1.54) is 24.8 Å². The number of carboxylic acids is 3. The van der Waals surface area contributed by atoms with Gasteiger partial charge < -0.3 is 40.6 Å². The number of hydrogen-bond acceptors (Lipinski definition) is 9. The van der Waals surface area contributed by atoms with Gasteiger partial charge in [-0.2, -0.15) is 12.6 Å². The minimum atomic E-state index is -1.22. The molecule has 0 amide bonds. The Morgan fingerprint density at radius 2 is 1.46 bits per heavy atom. The molecule has 2 aromatic heterocycles. The van der Waals surface area contributed by atoms with Gasteiger partial charge in [-0.1, -0.05) is 0 Å². The van der Waals surface area contributed by atoms with Crippen LogP contribution in [-0.2, 0) is 14.4 Å². The third-order valence-corrected chi connectivity index (χ3v) is 2.73. The SMILES string of the molecule is N[C@@H](CS)C(=O)O.O=C([O-])C=Cc1c[nH]cn1.O=C([O-])C=Cc1c[nH]cn1.[Se+2]. The molecule has 5 N–H and O–H groups in total. The second-order valence-electron chi connectivity index (χ2n) is 4.42. The molecule has 1 atom stereocenters. The summed E-state index contributed by atoms with van der Waals surface area (Å²) in [5.41, 5.74) is 6.09. The molecule has 2 rings (SSSR count). The van der Waals surface area contributed by atoms with Crippen LogP contribution in [0.4, 0.5) is 0 Å². The normalized spacial score (nSPS) is 10.8. The van der Waals surface area contributed by atoms with Gasteiger partial charge in [0.1, 0.15) is 6.04 Å². The summed E-state index contributed by atoms with van der Waals surface area (Å²) in [5.74, 6) is -3.25. The molecule has 0 bridgehead atoms. The number of aromatic nitrogens is 4. The van der Waals surface area contributed by atoms with Crippen LogP contribution in [0, 0.1) is 0 Å². The summed E-state index contributed by atoms with van der Waals surface area (Å²) in [6.07, 6.45) is 10.7. The Hall–Kier alpha value is -2.86. The Morgan fingerprint density at radius 1 is 1.07 bits per heavy atom. The molecule has 0 saturated carbocycles. The number of carbonyl (C=O) groups excluding carboxylic acids is 2. The predicted octanol–water partition coefficient (Wildman–Crippen LogP) is -2.71. The van der Waals surface area contributed by atoms with Gasteiger partial charge in [-0.15, -0.1) is 0 Å². The minimum Gasteiger partial charge on any atom is -0.545 e. The van der Waals surface area contributed by atoms with E-state index < -0.39 is 23.9 Å². The van der Waals surface area contributed by atoms with E-state index in [2.05, 4.69) is 32.6 Å². The zero-order valence-electron chi connectivity index (χ0n) is 14.2. The van der Waals surface area contributed by atoms with Crippen molar-refractivity contribution in [1.29, 1.82) is 0 Å². The number of H-pyrrole nitrogens is 2. The van der Waals surface area contributed by atoms with Crippen molar-refractivity contribution in [2.45, 2.75) is 6.04 Å². The van der Waals surface area contributed by atoms with E-state index in [1.54, 1.807) is 12.4 Å². The fraction of sp³-hybridized carbons (Fsp3) is 0.133. The number of nitrogens with zero attached hydrogens (tertiary/aromatic N) is 2. The van der Waals surface area contributed by atoms with Crippen molar-refractivity contribution >= 4 is 59.8 Å². The summed E-state index contributed by atoms with van der Waals surface area (Å²) in [7, 11) is 0. The molecule has 0 saturated heterocycles. The summed E-state index contributed by atoms with van der Waals surface area (Å²) in [5, 5.41) is 27.7. The van der Waals surface area contributed by atoms with Gasteiger partial charge in [-0.05, 0) is 24.3 Å². The molecule has 28 heavy (non-hydrogen) atoms. The standard InChI is InChI=1S/2C6H6N2O2.C3H7NO2S.Se/c2*9-6(10)2-1-5-3-7-4-8-5;4-2(1-7)3(5)6;/h2*1-4H,(H,7,8)(H,9,10);2,7H,1,4H2,(H,5,6);/q;;;+2/p-2/t;;2-;/m..0./s1. The number of nitrogens with two attached hydrogens (primary N) is 1. The number of imidazole rings is 2. The second kappa shape index (κ2) is 16.3. The van der Waals surface area contributed by atoms with Crippen LogP contribution in [0.5, 0.6) is 0 Å². The van der Waals surface area contributed by atoms with E-state index in [1.807, 2.05) is 0 Å². The Balaban J connectivity index is 0. The van der Waals surface area contributed by atoms with Crippen LogP contribution in [0.1, 0.15) is 11.4 Å². The van der Waals surface area contributed by atoms with Gasteiger partial charge >= 0.3 is 23.0 Å². The molecule has 2 aromatic rings. The monoisotopic (exact) mass is 475 g/mol. The van der Waals surface area contributed by atoms with Gasteiger partial charge in [0.25, 0.3) is 0 Å². The number of nitrogens with one attached hydrogen (secondary N) is 2. The molecule has 0 aliphatic carbocycles. The molecule has 0 unspecified atom stereocenters. The molecule has 0 aliphatic rings. The fourth-order valence-electron chi connectivity index (χ4n) is 1.11. The van der Waals surface area contributed by atoms with E-state index in [0.717, 1.165) is 12.2 Å². The first-order valence-corrected chi connectivity index (χ1v) is 7.74. The molecular weight excluding hydrogens is 457 g/mol. The van der Waals surface area contributed by atoms with E-state index in [4.69, 9.17) is 10.8 Å². The first-order chi connectivity index (χ1) is 12.8. The van der Waals surface area contributed by atoms with E-state index in [-0.39, 0.29) is 22.8 Å². The van der Waals surface area contributed by atoms with Crippen LogP contribution in [0.25, 0.3) is 12.2 Å². The maximum absolute atomic E-state index is 9.86. The first kappa shape index (κ1) is 27.4. The Morgan fingerprint density at radius 3 is 1.64 bits per heavy atom. The topological polar surface area (TPSA) is 201 Å². The molecule has 150 valence electrons. The average molecular weight is 474 g/mol. The van der Waals surface area contributed by atoms with Crippen molar-refractivity contribution in [1.82, 2.24) is 19.9 Å². The maximum atomic E-state index is 9.86. The quantitative estimate of drug-likeness (QED) is 0.168. The van der Waals surface area contributed by atoms with Crippen LogP contribution in [0.15, 0.2) is 37.2 Å². The van der Waals surface area contributed by atoms with Gasteiger partial charge in [-0.25, -0.2) is 9.97 Å². The Bertz CT molecular complexity index is 695. The fourth-order valence-corrected chi connectivity index (χ4v) is 1.27. The second-order valence-corrected chi connectivity index (χ2v) is 4.79. The van der Waals surface area contributed by atoms with Crippen molar-refractivity contribution in [3.8, 4) is 0 Å². The zero-order valence-corrected chi connectivity index (χ0v) is 16.8. The van der Waals surface area contributed by atoms with E-state index >= 15 is 0 Å². The van der Waals surface area contributed by atoms with Crippen LogP contribution >= 0.6 is 12.6 Å². The van der Waals surface area contributed by atoms with Crippen LogP contribution in [0.3, 0.4) is 0 Å². The minimum absolute atomic E-state index is 0. The number of aromatic amines is 2. The van der Waals surface area contributed by atoms with Crippen LogP contribution < -0.4 is 15.9 Å². The number of rotatable bonds is 6. The molecule has 0 spiro atoms. The predicted molar refractivity (Wildman–Crippen MR) is 100 cm³/mol. The average Bonchev–Trinajstić information content (AvgIpc) is 3.32. The molecule has 0 fully saturated rings. The van der Waals surface area contributed by atoms with E-state index in [0.29, 0.717) is 11.4 Å². The van der Waals surface area contributed by atoms with Crippen molar-refractivity contribution in [3.05, 3.63) is 48.6 Å². The van der Waals surface area contributed by atoms with Crippen LogP contribution in [-0.4, -0.2) is 71.8 Å². The summed E-state index contributed by atoms with van der Waals surface area (Å²) < 4.78 is 0. The maximum Gasteiger partial charge on any atom is 2.00 e. The van der Waals surface area contributed by atoms with Gasteiger partial charge in [0.05, 0.1) is 36.0 Å². The van der Waals surface area contributed by atoms with E-state index in [9.17, 15) is 24.6 Å². The van der Waals surface area contributed by atoms with Crippen molar-refractivity contribution < 1.29 is 29.7 Å². The number of carboxylic acid groups (broad SMARTS) is 3. The van der Waals surface area contributed by atoms with Gasteiger partial charge in [0.15, 0.2) is 0 Å². The molecule has 2 heterocycles. The number of thiol groups is 1. The van der Waals surface area contributed by atoms with Gasteiger partial charge in [0.2, 0.25) is 0 Å². The Labute approximate surface area is 175 Å². The summed E-state index contributed by atoms with van der Waals surface area (Å²) in [6.45, 7) is 0. The summed E-state index contributed by atoms with van der Waals surface area (Å²) in [6, 6.07) is -0.816. The largest absolute Gasteiger partial charge is 2.00 e. The third kappa shape index (κ3) is 15.4. The summed E-state index contributed by atoms with van der Waals surface area (Å²) in [4.78, 5) is 42.3. The van der Waals surface area contributed by atoms with Gasteiger partial charge in [0, 0.05) is 18.1 Å². The molecule has 0 aliphatic heterocycles.